The largest absolute Gasteiger partial charge is 0.259 e. The van der Waals surface area contributed by atoms with Crippen molar-refractivity contribution in [3.8, 4) is 0 Å². The van der Waals surface area contributed by atoms with E-state index in [9.17, 15) is 0 Å². The molecule has 3 aromatic carbocycles. The monoisotopic (exact) mass is 313 g/mol. The molecule has 0 aromatic heterocycles. The first kappa shape index (κ1) is 15.6. The predicted octanol–water partition coefficient (Wildman–Crippen LogP) is 5.30. The number of hydrogen-bond donors (Lipinski definition) is 0. The van der Waals surface area contributed by atoms with Crippen LogP contribution >= 0.6 is 0 Å². The third kappa shape index (κ3) is 4.61. The van der Waals surface area contributed by atoms with Crippen molar-refractivity contribution in [1.82, 2.24) is 0 Å². The van der Waals surface area contributed by atoms with Gasteiger partial charge in [0.25, 0.3) is 0 Å². The molecule has 0 amide bonds. The first-order valence-electron chi connectivity index (χ1n) is 7.70. The van der Waals surface area contributed by atoms with Crippen molar-refractivity contribution in [1.29, 1.82) is 0 Å². The van der Waals surface area contributed by atoms with E-state index >= 15 is 0 Å². The van der Waals surface area contributed by atoms with E-state index in [0.717, 1.165) is 16.9 Å². The number of anilines is 1. The lowest BCUT2D eigenvalue weighted by atomic mass is 10.2. The summed E-state index contributed by atoms with van der Waals surface area (Å²) in [4.78, 5) is 0. The molecule has 3 aromatic rings. The number of para-hydroxylation sites is 1. The summed E-state index contributed by atoms with van der Waals surface area (Å²) in [6.45, 7) is 0.638. The Hall–Kier alpha value is -3.27. The lowest BCUT2D eigenvalue weighted by molar-refractivity contribution is 0.856. The molecule has 0 N–H and O–H groups in total. The average Bonchev–Trinajstić information content (AvgIpc) is 2.66. The normalized spacial score (nSPS) is 11.2. The van der Waals surface area contributed by atoms with E-state index in [1.54, 1.807) is 0 Å². The topological polar surface area (TPSA) is 40.3 Å². The molecule has 0 heterocycles. The van der Waals surface area contributed by atoms with Gasteiger partial charge in [-0.15, -0.1) is 15.3 Å². The Bertz CT molecular complexity index is 784. The van der Waals surface area contributed by atoms with E-state index in [1.807, 2.05) is 83.9 Å². The molecule has 0 aliphatic rings. The Morgan fingerprint density at radius 2 is 1.29 bits per heavy atom. The molecule has 0 atom stereocenters. The number of rotatable bonds is 6. The highest BCUT2D eigenvalue weighted by molar-refractivity contribution is 5.59. The zero-order valence-electron chi connectivity index (χ0n) is 13.2. The van der Waals surface area contributed by atoms with Crippen LogP contribution in [0.4, 0.5) is 11.4 Å². The van der Waals surface area contributed by atoms with Gasteiger partial charge in [0.2, 0.25) is 6.34 Å². The Balaban J connectivity index is 1.75. The Labute approximate surface area is 141 Å². The van der Waals surface area contributed by atoms with Crippen molar-refractivity contribution >= 4 is 17.7 Å². The van der Waals surface area contributed by atoms with E-state index in [0.29, 0.717) is 6.54 Å². The van der Waals surface area contributed by atoms with Crippen LogP contribution in [0.1, 0.15) is 5.56 Å². The zero-order valence-corrected chi connectivity index (χ0v) is 13.2. The molecule has 0 aliphatic heterocycles. The van der Waals surface area contributed by atoms with Crippen molar-refractivity contribution in [3.63, 3.8) is 0 Å². The van der Waals surface area contributed by atoms with Crippen molar-refractivity contribution in [2.45, 2.75) is 6.54 Å². The molecule has 0 unspecified atom stereocenters. The highest BCUT2D eigenvalue weighted by atomic mass is 15.5. The second kappa shape index (κ2) is 8.39. The van der Waals surface area contributed by atoms with Crippen LogP contribution < -0.4 is 5.01 Å². The fraction of sp³-hybridized carbons (Fsp3) is 0.0500. The van der Waals surface area contributed by atoms with Crippen LogP contribution in [0.5, 0.6) is 0 Å². The summed E-state index contributed by atoms with van der Waals surface area (Å²) in [5.41, 5.74) is 2.91. The fourth-order valence-corrected chi connectivity index (χ4v) is 2.19. The minimum atomic E-state index is 0.638. The number of hydrogen-bond acceptors (Lipinski definition) is 3. The number of azo groups is 1. The van der Waals surface area contributed by atoms with Gasteiger partial charge in [0, 0.05) is 0 Å². The molecule has 4 heteroatoms. The van der Waals surface area contributed by atoms with Crippen LogP contribution in [0.15, 0.2) is 106 Å². The molecule has 0 aliphatic carbocycles. The smallest absolute Gasteiger partial charge is 0.242 e. The Kier molecular flexibility index (Phi) is 5.46. The number of benzene rings is 3. The predicted molar refractivity (Wildman–Crippen MR) is 97.5 cm³/mol. The third-order valence-corrected chi connectivity index (χ3v) is 3.36. The van der Waals surface area contributed by atoms with Crippen LogP contribution in [-0.2, 0) is 6.54 Å². The third-order valence-electron chi connectivity index (χ3n) is 3.36. The zero-order chi connectivity index (χ0) is 16.5. The minimum Gasteiger partial charge on any atom is -0.259 e. The van der Waals surface area contributed by atoms with Gasteiger partial charge in [-0.2, -0.15) is 0 Å². The molecule has 0 bridgehead atoms. The van der Waals surface area contributed by atoms with Crippen LogP contribution in [0, 0.1) is 0 Å². The van der Waals surface area contributed by atoms with E-state index in [4.69, 9.17) is 0 Å². The van der Waals surface area contributed by atoms with Crippen molar-refractivity contribution in [2.75, 3.05) is 5.01 Å². The van der Waals surface area contributed by atoms with E-state index in [2.05, 4.69) is 33.8 Å². The maximum atomic E-state index is 4.33. The summed E-state index contributed by atoms with van der Waals surface area (Å²) in [6.07, 6.45) is 2.66. The van der Waals surface area contributed by atoms with E-state index in [1.165, 1.54) is 0 Å². The van der Waals surface area contributed by atoms with Crippen LogP contribution in [0.3, 0.4) is 0 Å². The molecule has 24 heavy (non-hydrogen) atoms. The molecule has 4 nitrogen and oxygen atoms in total. The molecule has 0 saturated heterocycles. The summed E-state index contributed by atoms with van der Waals surface area (Å²) in [7, 11) is 0. The molecule has 0 saturated carbocycles. The average molecular weight is 313 g/mol. The molecule has 0 fully saturated rings. The Morgan fingerprint density at radius 1 is 0.708 bits per heavy atom. The number of nitrogens with zero attached hydrogens (tertiary/aromatic N) is 4. The molecular formula is C20H17N4. The lowest BCUT2D eigenvalue weighted by Crippen LogP contribution is -2.15. The maximum Gasteiger partial charge on any atom is 0.242 e. The highest BCUT2D eigenvalue weighted by Gasteiger charge is 2.04. The molecule has 0 spiro atoms. The van der Waals surface area contributed by atoms with Gasteiger partial charge in [-0.3, -0.25) is 5.01 Å². The fourth-order valence-electron chi connectivity index (χ4n) is 2.19. The van der Waals surface area contributed by atoms with Crippen molar-refractivity contribution < 1.29 is 0 Å². The summed E-state index contributed by atoms with van der Waals surface area (Å²) >= 11 is 0. The van der Waals surface area contributed by atoms with Crippen molar-refractivity contribution in [3.05, 3.63) is 96.6 Å². The van der Waals surface area contributed by atoms with Gasteiger partial charge in [0.15, 0.2) is 0 Å². The van der Waals surface area contributed by atoms with Crippen molar-refractivity contribution in [2.24, 2.45) is 15.3 Å². The molecular weight excluding hydrogens is 296 g/mol. The van der Waals surface area contributed by atoms with Crippen LogP contribution in [-0.4, -0.2) is 6.34 Å². The first-order valence-corrected chi connectivity index (χ1v) is 7.70. The van der Waals surface area contributed by atoms with E-state index < -0.39 is 0 Å². The summed E-state index contributed by atoms with van der Waals surface area (Å²) in [6, 6.07) is 29.6. The van der Waals surface area contributed by atoms with Crippen LogP contribution in [0.25, 0.3) is 0 Å². The second-order valence-corrected chi connectivity index (χ2v) is 5.11. The minimum absolute atomic E-state index is 0.638. The van der Waals surface area contributed by atoms with E-state index in [-0.39, 0.29) is 0 Å². The van der Waals surface area contributed by atoms with Crippen LogP contribution in [0.2, 0.25) is 0 Å². The van der Waals surface area contributed by atoms with Gasteiger partial charge in [-0.05, 0) is 29.8 Å². The van der Waals surface area contributed by atoms with Gasteiger partial charge < -0.3 is 0 Å². The Morgan fingerprint density at radius 3 is 1.96 bits per heavy atom. The molecule has 1 radical (unpaired) electrons. The summed E-state index contributed by atoms with van der Waals surface area (Å²) in [5, 5.41) is 14.2. The second-order valence-electron chi connectivity index (χ2n) is 5.11. The standard InChI is InChI=1S/C20H17N4/c1-4-10-18(11-5-1)16-24(20-14-8-3-9-15-20)22-17-21-23-19-12-6-2-7-13-19/h1-15H,16H2. The van der Waals surface area contributed by atoms with Gasteiger partial charge in [0.1, 0.15) is 0 Å². The summed E-state index contributed by atoms with van der Waals surface area (Å²) in [5.74, 6) is 0. The van der Waals surface area contributed by atoms with Gasteiger partial charge in [0.05, 0.1) is 17.9 Å². The lowest BCUT2D eigenvalue weighted by Gasteiger charge is -2.18. The molecule has 3 rings (SSSR count). The summed E-state index contributed by atoms with van der Waals surface area (Å²) < 4.78 is 0. The maximum absolute atomic E-state index is 4.33. The number of hydrazone groups is 1. The molecule has 117 valence electrons. The highest BCUT2D eigenvalue weighted by Crippen LogP contribution is 2.17. The quantitative estimate of drug-likeness (QED) is 0.263. The SMILES string of the molecule is [C](=NN(Cc1ccccc1)c1ccccc1)N=Nc1ccccc1. The van der Waals surface area contributed by atoms with Gasteiger partial charge in [-0.1, -0.05) is 66.7 Å². The van der Waals surface area contributed by atoms with Gasteiger partial charge in [-0.25, -0.2) is 0 Å². The van der Waals surface area contributed by atoms with Gasteiger partial charge >= 0.3 is 0 Å². The first-order chi connectivity index (χ1) is 11.9.